The Labute approximate surface area is 120 Å². The standard InChI is InChI=1S/C11H17ClN2O2S.ClH/c1-8-4-5-10(12)6-11(8)17(15,16)14-7-9(2)13-3;/h4-6,9,13-14H,7H2,1-3H3;1H. The number of sulfonamides is 1. The van der Waals surface area contributed by atoms with Crippen LogP contribution in [0.25, 0.3) is 0 Å². The van der Waals surface area contributed by atoms with Gasteiger partial charge in [-0.15, -0.1) is 12.4 Å². The molecule has 0 aromatic heterocycles. The maximum absolute atomic E-state index is 12.0. The summed E-state index contributed by atoms with van der Waals surface area (Å²) in [7, 11) is -1.71. The highest BCUT2D eigenvalue weighted by molar-refractivity contribution is 7.89. The molecule has 0 saturated carbocycles. The lowest BCUT2D eigenvalue weighted by Gasteiger charge is -2.13. The third-order valence-corrected chi connectivity index (χ3v) is 4.31. The number of nitrogens with one attached hydrogen (secondary N) is 2. The van der Waals surface area contributed by atoms with Crippen LogP contribution in [0.2, 0.25) is 5.02 Å². The summed E-state index contributed by atoms with van der Waals surface area (Å²) in [6.07, 6.45) is 0. The molecule has 0 amide bonds. The summed E-state index contributed by atoms with van der Waals surface area (Å²) in [5, 5.41) is 3.38. The van der Waals surface area contributed by atoms with Gasteiger partial charge in [-0.3, -0.25) is 0 Å². The van der Waals surface area contributed by atoms with E-state index in [1.54, 1.807) is 26.1 Å². The van der Waals surface area contributed by atoms with Gasteiger partial charge in [0.05, 0.1) is 4.90 Å². The lowest BCUT2D eigenvalue weighted by Crippen LogP contribution is -2.37. The fraction of sp³-hybridized carbons (Fsp3) is 0.455. The average molecular weight is 313 g/mol. The topological polar surface area (TPSA) is 58.2 Å². The van der Waals surface area contributed by atoms with Crippen molar-refractivity contribution >= 4 is 34.0 Å². The van der Waals surface area contributed by atoms with E-state index in [2.05, 4.69) is 10.0 Å². The fourth-order valence-corrected chi connectivity index (χ4v) is 2.91. The second-order valence-corrected chi connectivity index (χ2v) is 6.12. The lowest BCUT2D eigenvalue weighted by atomic mass is 10.2. The molecule has 0 saturated heterocycles. The maximum Gasteiger partial charge on any atom is 0.240 e. The Hall–Kier alpha value is -0.330. The molecule has 18 heavy (non-hydrogen) atoms. The van der Waals surface area contributed by atoms with E-state index in [9.17, 15) is 8.42 Å². The highest BCUT2D eigenvalue weighted by Crippen LogP contribution is 2.19. The van der Waals surface area contributed by atoms with Crippen molar-refractivity contribution < 1.29 is 8.42 Å². The van der Waals surface area contributed by atoms with Gasteiger partial charge >= 0.3 is 0 Å². The van der Waals surface area contributed by atoms with Gasteiger partial charge in [-0.25, -0.2) is 13.1 Å². The summed E-state index contributed by atoms with van der Waals surface area (Å²) in [4.78, 5) is 0.230. The van der Waals surface area contributed by atoms with Crippen molar-refractivity contribution in [2.24, 2.45) is 0 Å². The Morgan fingerprint density at radius 1 is 1.39 bits per heavy atom. The quantitative estimate of drug-likeness (QED) is 0.873. The first-order chi connectivity index (χ1) is 7.86. The first kappa shape index (κ1) is 17.7. The summed E-state index contributed by atoms with van der Waals surface area (Å²) in [5.74, 6) is 0. The molecule has 7 heteroatoms. The van der Waals surface area contributed by atoms with Crippen LogP contribution in [0.5, 0.6) is 0 Å². The normalized spacial score (nSPS) is 12.9. The number of hydrogen-bond acceptors (Lipinski definition) is 3. The zero-order valence-electron chi connectivity index (χ0n) is 10.5. The van der Waals surface area contributed by atoms with E-state index in [-0.39, 0.29) is 23.3 Å². The summed E-state index contributed by atoms with van der Waals surface area (Å²) in [6, 6.07) is 4.90. The van der Waals surface area contributed by atoms with E-state index in [0.717, 1.165) is 0 Å². The van der Waals surface area contributed by atoms with Gasteiger partial charge in [-0.1, -0.05) is 17.7 Å². The molecular weight excluding hydrogens is 295 g/mol. The molecule has 104 valence electrons. The minimum atomic E-state index is -3.49. The van der Waals surface area contributed by atoms with E-state index < -0.39 is 10.0 Å². The van der Waals surface area contributed by atoms with Gasteiger partial charge < -0.3 is 5.32 Å². The molecule has 1 aromatic carbocycles. The number of hydrogen-bond donors (Lipinski definition) is 2. The van der Waals surface area contributed by atoms with Crippen LogP contribution in [0.1, 0.15) is 12.5 Å². The minimum Gasteiger partial charge on any atom is -0.316 e. The summed E-state index contributed by atoms with van der Waals surface area (Å²) < 4.78 is 26.6. The third-order valence-electron chi connectivity index (χ3n) is 2.51. The van der Waals surface area contributed by atoms with Crippen LogP contribution >= 0.6 is 24.0 Å². The molecular formula is C11H18Cl2N2O2S. The molecule has 0 bridgehead atoms. The number of halogens is 2. The Morgan fingerprint density at radius 3 is 2.56 bits per heavy atom. The van der Waals surface area contributed by atoms with Crippen molar-refractivity contribution in [3.63, 3.8) is 0 Å². The monoisotopic (exact) mass is 312 g/mol. The van der Waals surface area contributed by atoms with Crippen LogP contribution in [0.4, 0.5) is 0 Å². The molecule has 2 N–H and O–H groups in total. The first-order valence-electron chi connectivity index (χ1n) is 5.30. The van der Waals surface area contributed by atoms with Crippen molar-refractivity contribution in [2.45, 2.75) is 24.8 Å². The summed E-state index contributed by atoms with van der Waals surface area (Å²) in [5.41, 5.74) is 0.680. The van der Waals surface area contributed by atoms with Crippen LogP contribution in [0.3, 0.4) is 0 Å². The third kappa shape index (κ3) is 4.74. The van der Waals surface area contributed by atoms with Crippen molar-refractivity contribution in [3.05, 3.63) is 28.8 Å². The second-order valence-electron chi connectivity index (χ2n) is 3.95. The zero-order chi connectivity index (χ0) is 13.1. The predicted octanol–water partition coefficient (Wildman–Crippen LogP) is 1.96. The average Bonchev–Trinajstić information content (AvgIpc) is 2.29. The Balaban J connectivity index is 0.00000289. The van der Waals surface area contributed by atoms with Crippen LogP contribution in [-0.2, 0) is 10.0 Å². The second kappa shape index (κ2) is 7.31. The van der Waals surface area contributed by atoms with Crippen molar-refractivity contribution in [1.82, 2.24) is 10.0 Å². The highest BCUT2D eigenvalue weighted by atomic mass is 35.5. The largest absolute Gasteiger partial charge is 0.316 e. The summed E-state index contributed by atoms with van der Waals surface area (Å²) >= 11 is 5.81. The molecule has 1 aromatic rings. The molecule has 1 rings (SSSR count). The van der Waals surface area contributed by atoms with E-state index in [1.807, 2.05) is 6.92 Å². The Kier molecular flexibility index (Phi) is 7.17. The fourth-order valence-electron chi connectivity index (χ4n) is 1.28. The van der Waals surface area contributed by atoms with Crippen molar-refractivity contribution in [1.29, 1.82) is 0 Å². The van der Waals surface area contributed by atoms with Gasteiger partial charge in [-0.2, -0.15) is 0 Å². The maximum atomic E-state index is 12.0. The summed E-state index contributed by atoms with van der Waals surface area (Å²) in [6.45, 7) is 3.98. The van der Waals surface area contributed by atoms with Gasteiger partial charge in [0, 0.05) is 17.6 Å². The van der Waals surface area contributed by atoms with Gasteiger partial charge in [0.1, 0.15) is 0 Å². The van der Waals surface area contributed by atoms with E-state index in [1.165, 1.54) is 6.07 Å². The predicted molar refractivity (Wildman–Crippen MR) is 77.1 cm³/mol. The Morgan fingerprint density at radius 2 is 2.00 bits per heavy atom. The molecule has 4 nitrogen and oxygen atoms in total. The molecule has 0 aliphatic heterocycles. The Bertz CT molecular complexity index is 492. The van der Waals surface area contributed by atoms with Crippen LogP contribution in [0.15, 0.2) is 23.1 Å². The first-order valence-corrected chi connectivity index (χ1v) is 7.16. The van der Waals surface area contributed by atoms with Crippen LogP contribution in [-0.4, -0.2) is 28.1 Å². The minimum absolute atomic E-state index is 0. The van der Waals surface area contributed by atoms with E-state index >= 15 is 0 Å². The molecule has 0 aliphatic carbocycles. The number of likely N-dealkylation sites (N-methyl/N-ethyl adjacent to an activating group) is 1. The smallest absolute Gasteiger partial charge is 0.240 e. The lowest BCUT2D eigenvalue weighted by molar-refractivity contribution is 0.554. The van der Waals surface area contributed by atoms with Gasteiger partial charge in [-0.05, 0) is 38.6 Å². The number of rotatable bonds is 5. The van der Waals surface area contributed by atoms with E-state index in [4.69, 9.17) is 11.6 Å². The van der Waals surface area contributed by atoms with Gasteiger partial charge in [0.2, 0.25) is 10.0 Å². The van der Waals surface area contributed by atoms with Crippen LogP contribution in [0, 0.1) is 6.92 Å². The highest BCUT2D eigenvalue weighted by Gasteiger charge is 2.17. The molecule has 1 unspecified atom stereocenters. The SMILES string of the molecule is CNC(C)CNS(=O)(=O)c1cc(Cl)ccc1C.Cl. The number of aryl methyl sites for hydroxylation is 1. The molecule has 0 spiro atoms. The molecule has 0 fully saturated rings. The van der Waals surface area contributed by atoms with Gasteiger partial charge in [0.25, 0.3) is 0 Å². The molecule has 1 atom stereocenters. The molecule has 0 radical (unpaired) electrons. The van der Waals surface area contributed by atoms with Crippen molar-refractivity contribution in [2.75, 3.05) is 13.6 Å². The van der Waals surface area contributed by atoms with Crippen molar-refractivity contribution in [3.8, 4) is 0 Å². The van der Waals surface area contributed by atoms with Crippen LogP contribution < -0.4 is 10.0 Å². The van der Waals surface area contributed by atoms with Gasteiger partial charge in [0.15, 0.2) is 0 Å². The molecule has 0 aliphatic rings. The zero-order valence-corrected chi connectivity index (χ0v) is 12.9. The molecule has 0 heterocycles. The van der Waals surface area contributed by atoms with E-state index in [0.29, 0.717) is 17.1 Å². The number of benzene rings is 1.